The van der Waals surface area contributed by atoms with E-state index in [1.165, 1.54) is 12.1 Å². The number of rotatable bonds is 1. The van der Waals surface area contributed by atoms with Crippen LogP contribution in [0.4, 0.5) is 5.82 Å². The van der Waals surface area contributed by atoms with E-state index in [9.17, 15) is 15.2 Å². The molecular weight excluding hydrogens is 200 g/mol. The summed E-state index contributed by atoms with van der Waals surface area (Å²) in [6, 6.07) is 4.28. The van der Waals surface area contributed by atoms with Gasteiger partial charge in [-0.25, -0.2) is 0 Å². The van der Waals surface area contributed by atoms with Crippen LogP contribution in [0.5, 0.6) is 5.75 Å². The van der Waals surface area contributed by atoms with Crippen LogP contribution < -0.4 is 0 Å². The summed E-state index contributed by atoms with van der Waals surface area (Å²) in [4.78, 5) is 9.92. The maximum atomic E-state index is 10.5. The quantitative estimate of drug-likeness (QED) is 0.546. The van der Waals surface area contributed by atoms with E-state index in [0.717, 1.165) is 10.7 Å². The fourth-order valence-corrected chi connectivity index (χ4v) is 1.25. The van der Waals surface area contributed by atoms with Crippen LogP contribution in [0.3, 0.4) is 0 Å². The Kier molecular flexibility index (Phi) is 1.76. The normalized spacial score (nSPS) is 10.1. The molecule has 2 rings (SSSR count). The second-order valence-electron chi connectivity index (χ2n) is 2.76. The minimum absolute atomic E-state index is 0.0181. The summed E-state index contributed by atoms with van der Waals surface area (Å²) in [7, 11) is 0. The molecule has 0 spiro atoms. The number of nitriles is 1. The van der Waals surface area contributed by atoms with Crippen molar-refractivity contribution in [1.29, 1.82) is 5.26 Å². The molecule has 7 heteroatoms. The zero-order valence-electron chi connectivity index (χ0n) is 7.28. The molecule has 0 bridgehead atoms. The van der Waals surface area contributed by atoms with Crippen molar-refractivity contribution in [3.8, 4) is 11.8 Å². The fraction of sp³-hybridized carbons (Fsp3) is 0. The Morgan fingerprint density at radius 1 is 1.60 bits per heavy atom. The van der Waals surface area contributed by atoms with E-state index in [1.807, 2.05) is 0 Å². The molecule has 0 radical (unpaired) electrons. The molecule has 0 aliphatic carbocycles. The number of fused-ring (bicyclic) bond motifs is 1. The summed E-state index contributed by atoms with van der Waals surface area (Å²) in [6.45, 7) is 0. The van der Waals surface area contributed by atoms with Crippen LogP contribution in [0.1, 0.15) is 5.56 Å². The van der Waals surface area contributed by atoms with Crippen molar-refractivity contribution < 1.29 is 10.0 Å². The van der Waals surface area contributed by atoms with Crippen molar-refractivity contribution in [2.45, 2.75) is 0 Å². The first-order valence-corrected chi connectivity index (χ1v) is 3.89. The first-order chi connectivity index (χ1) is 7.15. The molecule has 0 atom stereocenters. The van der Waals surface area contributed by atoms with Gasteiger partial charge in [0, 0.05) is 6.07 Å². The second-order valence-corrected chi connectivity index (χ2v) is 2.76. The highest BCUT2D eigenvalue weighted by Crippen LogP contribution is 2.26. The highest BCUT2D eigenvalue weighted by molar-refractivity contribution is 5.66. The van der Waals surface area contributed by atoms with Crippen LogP contribution in [0, 0.1) is 21.4 Å². The van der Waals surface area contributed by atoms with E-state index < -0.39 is 4.92 Å². The van der Waals surface area contributed by atoms with Crippen LogP contribution in [-0.4, -0.2) is 19.6 Å². The molecule has 0 aromatic carbocycles. The van der Waals surface area contributed by atoms with E-state index in [2.05, 4.69) is 5.10 Å². The minimum Gasteiger partial charge on any atom is -0.503 e. The lowest BCUT2D eigenvalue weighted by molar-refractivity contribution is -0.390. The standard InChI is InChI=1S/C8H4N4O3/c9-3-5-4-10-11-6(8(5)13)1-2-7(11)12(14)15/h1-2,4,13H. The molecule has 74 valence electrons. The zero-order chi connectivity index (χ0) is 11.0. The van der Waals surface area contributed by atoms with Crippen molar-refractivity contribution >= 4 is 11.3 Å². The fourth-order valence-electron chi connectivity index (χ4n) is 1.25. The van der Waals surface area contributed by atoms with Crippen LogP contribution >= 0.6 is 0 Å². The number of aromatic nitrogens is 2. The summed E-state index contributed by atoms with van der Waals surface area (Å²) < 4.78 is 0.968. The second kappa shape index (κ2) is 2.95. The van der Waals surface area contributed by atoms with Gasteiger partial charge in [0.25, 0.3) is 0 Å². The Balaban J connectivity index is 2.83. The van der Waals surface area contributed by atoms with Crippen LogP contribution in [-0.2, 0) is 0 Å². The van der Waals surface area contributed by atoms with Gasteiger partial charge in [-0.3, -0.25) is 0 Å². The van der Waals surface area contributed by atoms with E-state index in [4.69, 9.17) is 5.26 Å². The van der Waals surface area contributed by atoms with Crippen molar-refractivity contribution in [1.82, 2.24) is 9.61 Å². The molecule has 0 fully saturated rings. The smallest absolute Gasteiger partial charge is 0.348 e. The molecule has 2 aromatic rings. The Hall–Kier alpha value is -2.62. The molecular formula is C8H4N4O3. The van der Waals surface area contributed by atoms with E-state index in [-0.39, 0.29) is 22.6 Å². The predicted octanol–water partition coefficient (Wildman–Crippen LogP) is 0.820. The van der Waals surface area contributed by atoms with Crippen molar-refractivity contribution in [2.75, 3.05) is 0 Å². The van der Waals surface area contributed by atoms with Gasteiger partial charge in [0.2, 0.25) is 0 Å². The molecule has 0 aliphatic rings. The topological polar surface area (TPSA) is 104 Å². The van der Waals surface area contributed by atoms with Crippen molar-refractivity contribution in [3.63, 3.8) is 0 Å². The predicted molar refractivity (Wildman–Crippen MR) is 48.2 cm³/mol. The average molecular weight is 204 g/mol. The third-order valence-electron chi connectivity index (χ3n) is 1.94. The van der Waals surface area contributed by atoms with Gasteiger partial charge in [0.1, 0.15) is 11.6 Å². The van der Waals surface area contributed by atoms with E-state index >= 15 is 0 Å². The van der Waals surface area contributed by atoms with Gasteiger partial charge in [-0.15, -0.1) is 0 Å². The lowest BCUT2D eigenvalue weighted by atomic mass is 10.3. The molecule has 15 heavy (non-hydrogen) atoms. The van der Waals surface area contributed by atoms with Crippen LogP contribution in [0.25, 0.3) is 5.52 Å². The molecule has 2 aromatic heterocycles. The molecule has 2 heterocycles. The Bertz CT molecular complexity index is 596. The zero-order valence-corrected chi connectivity index (χ0v) is 7.28. The van der Waals surface area contributed by atoms with Crippen LogP contribution in [0.2, 0.25) is 0 Å². The first-order valence-electron chi connectivity index (χ1n) is 3.89. The van der Waals surface area contributed by atoms with Crippen molar-refractivity contribution in [2.24, 2.45) is 0 Å². The summed E-state index contributed by atoms with van der Waals surface area (Å²) in [5.41, 5.74) is 0.122. The largest absolute Gasteiger partial charge is 0.503 e. The van der Waals surface area contributed by atoms with Crippen LogP contribution in [0.15, 0.2) is 18.3 Å². The lowest BCUT2D eigenvalue weighted by Gasteiger charge is -1.95. The molecule has 0 saturated heterocycles. The highest BCUT2D eigenvalue weighted by Gasteiger charge is 2.18. The molecule has 0 aliphatic heterocycles. The van der Waals surface area contributed by atoms with Gasteiger partial charge >= 0.3 is 5.82 Å². The van der Waals surface area contributed by atoms with E-state index in [1.54, 1.807) is 6.07 Å². The number of hydrogen-bond acceptors (Lipinski definition) is 5. The molecule has 0 unspecified atom stereocenters. The third kappa shape index (κ3) is 1.16. The maximum Gasteiger partial charge on any atom is 0.348 e. The molecule has 0 amide bonds. The van der Waals surface area contributed by atoms with Gasteiger partial charge in [0.15, 0.2) is 11.3 Å². The molecule has 1 N–H and O–H groups in total. The summed E-state index contributed by atoms with van der Waals surface area (Å²) >= 11 is 0. The number of nitrogens with zero attached hydrogens (tertiary/aromatic N) is 4. The van der Waals surface area contributed by atoms with Gasteiger partial charge in [0.05, 0.1) is 6.20 Å². The summed E-state index contributed by atoms with van der Waals surface area (Å²) in [6.07, 6.45) is 1.08. The highest BCUT2D eigenvalue weighted by atomic mass is 16.6. The number of aromatic hydroxyl groups is 1. The Morgan fingerprint density at radius 2 is 2.33 bits per heavy atom. The van der Waals surface area contributed by atoms with E-state index in [0.29, 0.717) is 0 Å². The molecule has 0 saturated carbocycles. The van der Waals surface area contributed by atoms with Gasteiger partial charge in [-0.1, -0.05) is 9.61 Å². The number of nitro groups is 1. The monoisotopic (exact) mass is 204 g/mol. The van der Waals surface area contributed by atoms with Crippen molar-refractivity contribution in [3.05, 3.63) is 34.0 Å². The molecule has 7 nitrogen and oxygen atoms in total. The lowest BCUT2D eigenvalue weighted by Crippen LogP contribution is -1.98. The third-order valence-corrected chi connectivity index (χ3v) is 1.94. The first kappa shape index (κ1) is 8.96. The number of hydrogen-bond donors (Lipinski definition) is 1. The van der Waals surface area contributed by atoms with Gasteiger partial charge < -0.3 is 15.2 Å². The maximum absolute atomic E-state index is 10.5. The van der Waals surface area contributed by atoms with Gasteiger partial charge in [-0.05, 0) is 11.0 Å². The van der Waals surface area contributed by atoms with Gasteiger partial charge in [-0.2, -0.15) is 5.26 Å². The Labute approximate surface area is 82.9 Å². The Morgan fingerprint density at radius 3 is 2.93 bits per heavy atom. The summed E-state index contributed by atoms with van der Waals surface area (Å²) in [5, 5.41) is 32.4. The SMILES string of the molecule is N#Cc1cnn2c([N+](=O)[O-])ccc2c1O. The minimum atomic E-state index is -0.620. The summed E-state index contributed by atoms with van der Waals surface area (Å²) in [5.74, 6) is -0.564. The average Bonchev–Trinajstić information content (AvgIpc) is 2.62.